The van der Waals surface area contributed by atoms with Gasteiger partial charge in [0.05, 0.1) is 18.8 Å². The molecule has 0 saturated heterocycles. The van der Waals surface area contributed by atoms with E-state index in [1.54, 1.807) is 35.9 Å². The number of aromatic nitrogens is 2. The lowest BCUT2D eigenvalue weighted by atomic mass is 10.1. The van der Waals surface area contributed by atoms with E-state index in [0.29, 0.717) is 24.5 Å². The number of carbonyl (C=O) groups is 2. The molecule has 0 saturated carbocycles. The van der Waals surface area contributed by atoms with Crippen LogP contribution in [0.2, 0.25) is 0 Å². The molecular formula is C18H21N3O4. The Bertz CT molecular complexity index is 761. The number of Topliss-reactive ketones (excluding diaryl/α,β-unsaturated/α-hetero) is 1. The molecule has 2 aromatic rings. The van der Waals surface area contributed by atoms with Crippen LogP contribution in [0.4, 0.5) is 0 Å². The summed E-state index contributed by atoms with van der Waals surface area (Å²) in [7, 11) is 0. The molecule has 3 rings (SSSR count). The monoisotopic (exact) mass is 343 g/mol. The highest BCUT2D eigenvalue weighted by molar-refractivity contribution is 5.94. The van der Waals surface area contributed by atoms with Gasteiger partial charge in [-0.05, 0) is 26.0 Å². The summed E-state index contributed by atoms with van der Waals surface area (Å²) in [5, 5.41) is 7.20. The van der Waals surface area contributed by atoms with Gasteiger partial charge in [-0.1, -0.05) is 12.1 Å². The highest BCUT2D eigenvalue weighted by Gasteiger charge is 2.17. The minimum Gasteiger partial charge on any atom is -0.481 e. The summed E-state index contributed by atoms with van der Waals surface area (Å²) in [6.07, 6.45) is 0.251. The molecule has 0 fully saturated rings. The summed E-state index contributed by atoms with van der Waals surface area (Å²) >= 11 is 0. The van der Waals surface area contributed by atoms with Crippen molar-refractivity contribution >= 4 is 11.7 Å². The Morgan fingerprint density at radius 3 is 3.00 bits per heavy atom. The normalized spacial score (nSPS) is 14.2. The third-order valence-electron chi connectivity index (χ3n) is 3.92. The van der Waals surface area contributed by atoms with Crippen molar-refractivity contribution < 1.29 is 19.1 Å². The van der Waals surface area contributed by atoms with Crippen molar-refractivity contribution in [2.24, 2.45) is 0 Å². The van der Waals surface area contributed by atoms with Crippen LogP contribution in [0.5, 0.6) is 11.6 Å². The van der Waals surface area contributed by atoms with Crippen molar-refractivity contribution in [1.82, 2.24) is 15.1 Å². The van der Waals surface area contributed by atoms with Gasteiger partial charge >= 0.3 is 0 Å². The number of ketones is 1. The third kappa shape index (κ3) is 4.17. The zero-order chi connectivity index (χ0) is 17.8. The van der Waals surface area contributed by atoms with Crippen molar-refractivity contribution in [3.8, 4) is 11.6 Å². The second-order valence-electron chi connectivity index (χ2n) is 5.96. The molecule has 1 aromatic heterocycles. The predicted molar refractivity (Wildman–Crippen MR) is 90.7 cm³/mol. The molecule has 0 spiro atoms. The number of rotatable bonds is 6. The Morgan fingerprint density at radius 2 is 2.24 bits per heavy atom. The molecule has 1 aromatic carbocycles. The van der Waals surface area contributed by atoms with E-state index in [0.717, 1.165) is 24.5 Å². The van der Waals surface area contributed by atoms with Crippen LogP contribution >= 0.6 is 0 Å². The Kier molecular flexibility index (Phi) is 5.02. The lowest BCUT2D eigenvalue weighted by Crippen LogP contribution is -2.36. The molecular weight excluding hydrogens is 322 g/mol. The van der Waals surface area contributed by atoms with Gasteiger partial charge in [-0.25, -0.2) is 4.68 Å². The number of nitrogens with zero attached hydrogens (tertiary/aromatic N) is 2. The fourth-order valence-corrected chi connectivity index (χ4v) is 2.57. The molecule has 1 aliphatic rings. The second-order valence-corrected chi connectivity index (χ2v) is 5.96. The molecule has 0 aliphatic carbocycles. The van der Waals surface area contributed by atoms with E-state index in [9.17, 15) is 9.59 Å². The lowest BCUT2D eigenvalue weighted by molar-refractivity contribution is -0.127. The Balaban J connectivity index is 1.55. The van der Waals surface area contributed by atoms with Gasteiger partial charge in [-0.15, -0.1) is 0 Å². The number of fused-ring (bicyclic) bond motifs is 1. The standard InChI is InChI=1S/C18H21N3O4/c1-12(22)14-5-3-6-16(9-14)25-13(2)18(23)19-11-15-10-17-21(20-15)7-4-8-24-17/h3,5-6,9-10,13H,4,7-8,11H2,1-2H3,(H,19,23). The van der Waals surface area contributed by atoms with Crippen LogP contribution in [-0.4, -0.2) is 34.2 Å². The summed E-state index contributed by atoms with van der Waals surface area (Å²) in [5.74, 6) is 0.927. The highest BCUT2D eigenvalue weighted by atomic mass is 16.5. The van der Waals surface area contributed by atoms with Crippen LogP contribution in [0.15, 0.2) is 30.3 Å². The van der Waals surface area contributed by atoms with Crippen molar-refractivity contribution in [1.29, 1.82) is 0 Å². The number of hydrogen-bond donors (Lipinski definition) is 1. The molecule has 132 valence electrons. The van der Waals surface area contributed by atoms with Crippen molar-refractivity contribution in [2.45, 2.75) is 39.5 Å². The van der Waals surface area contributed by atoms with Crippen LogP contribution in [0, 0.1) is 0 Å². The number of aryl methyl sites for hydroxylation is 1. The van der Waals surface area contributed by atoms with Gasteiger partial charge in [0.1, 0.15) is 5.75 Å². The molecule has 1 atom stereocenters. The fraction of sp³-hybridized carbons (Fsp3) is 0.389. The quantitative estimate of drug-likeness (QED) is 0.811. The molecule has 1 unspecified atom stereocenters. The maximum absolute atomic E-state index is 12.2. The van der Waals surface area contributed by atoms with E-state index < -0.39 is 6.10 Å². The van der Waals surface area contributed by atoms with Crippen LogP contribution in [-0.2, 0) is 17.9 Å². The van der Waals surface area contributed by atoms with E-state index in [1.165, 1.54) is 6.92 Å². The van der Waals surface area contributed by atoms with Gasteiger partial charge in [0.15, 0.2) is 11.9 Å². The van der Waals surface area contributed by atoms with Crippen LogP contribution in [0.3, 0.4) is 0 Å². The molecule has 7 nitrogen and oxygen atoms in total. The minimum atomic E-state index is -0.685. The Labute approximate surface area is 145 Å². The molecule has 2 heterocycles. The largest absolute Gasteiger partial charge is 0.481 e. The first-order valence-electron chi connectivity index (χ1n) is 8.28. The van der Waals surface area contributed by atoms with E-state index in [1.807, 2.05) is 6.07 Å². The average molecular weight is 343 g/mol. The molecule has 7 heteroatoms. The maximum Gasteiger partial charge on any atom is 0.261 e. The van der Waals surface area contributed by atoms with Gasteiger partial charge in [0.2, 0.25) is 5.88 Å². The lowest BCUT2D eigenvalue weighted by Gasteiger charge is -2.14. The highest BCUT2D eigenvalue weighted by Crippen LogP contribution is 2.18. The number of carbonyl (C=O) groups excluding carboxylic acids is 2. The Morgan fingerprint density at radius 1 is 1.40 bits per heavy atom. The predicted octanol–water partition coefficient (Wildman–Crippen LogP) is 1.95. The van der Waals surface area contributed by atoms with Crippen LogP contribution < -0.4 is 14.8 Å². The van der Waals surface area contributed by atoms with Gasteiger partial charge < -0.3 is 14.8 Å². The molecule has 1 N–H and O–H groups in total. The molecule has 1 aliphatic heterocycles. The third-order valence-corrected chi connectivity index (χ3v) is 3.92. The number of hydrogen-bond acceptors (Lipinski definition) is 5. The average Bonchev–Trinajstić information content (AvgIpc) is 3.02. The van der Waals surface area contributed by atoms with E-state index in [2.05, 4.69) is 10.4 Å². The second kappa shape index (κ2) is 7.38. The molecule has 1 amide bonds. The molecule has 0 bridgehead atoms. The summed E-state index contributed by atoms with van der Waals surface area (Å²) < 4.78 is 12.9. The molecule has 25 heavy (non-hydrogen) atoms. The summed E-state index contributed by atoms with van der Waals surface area (Å²) in [6.45, 7) is 4.99. The van der Waals surface area contributed by atoms with Crippen LogP contribution in [0.1, 0.15) is 36.3 Å². The van der Waals surface area contributed by atoms with Crippen molar-refractivity contribution in [2.75, 3.05) is 6.61 Å². The molecule has 0 radical (unpaired) electrons. The summed E-state index contributed by atoms with van der Waals surface area (Å²) in [4.78, 5) is 23.6. The van der Waals surface area contributed by atoms with Gasteiger partial charge in [0.25, 0.3) is 5.91 Å². The number of amides is 1. The van der Waals surface area contributed by atoms with E-state index in [-0.39, 0.29) is 11.7 Å². The van der Waals surface area contributed by atoms with E-state index in [4.69, 9.17) is 9.47 Å². The summed E-state index contributed by atoms with van der Waals surface area (Å²) in [5.41, 5.74) is 1.30. The first-order valence-corrected chi connectivity index (χ1v) is 8.28. The smallest absolute Gasteiger partial charge is 0.261 e. The van der Waals surface area contributed by atoms with Crippen LogP contribution in [0.25, 0.3) is 0 Å². The zero-order valence-corrected chi connectivity index (χ0v) is 14.3. The SMILES string of the molecule is CC(=O)c1cccc(OC(C)C(=O)NCc2cc3n(n2)CCCO3)c1. The van der Waals surface area contributed by atoms with Gasteiger partial charge in [-0.2, -0.15) is 5.10 Å². The Hall–Kier alpha value is -2.83. The van der Waals surface area contributed by atoms with Gasteiger partial charge in [-0.3, -0.25) is 9.59 Å². The van der Waals surface area contributed by atoms with E-state index >= 15 is 0 Å². The maximum atomic E-state index is 12.2. The minimum absolute atomic E-state index is 0.0477. The van der Waals surface area contributed by atoms with Crippen molar-refractivity contribution in [3.63, 3.8) is 0 Å². The fourth-order valence-electron chi connectivity index (χ4n) is 2.57. The number of nitrogens with one attached hydrogen (secondary N) is 1. The number of ether oxygens (including phenoxy) is 2. The van der Waals surface area contributed by atoms with Crippen molar-refractivity contribution in [3.05, 3.63) is 41.6 Å². The first-order chi connectivity index (χ1) is 12.0. The number of benzene rings is 1. The topological polar surface area (TPSA) is 82.5 Å². The van der Waals surface area contributed by atoms with Gasteiger partial charge in [0, 0.05) is 24.6 Å². The summed E-state index contributed by atoms with van der Waals surface area (Å²) in [6, 6.07) is 8.63. The zero-order valence-electron chi connectivity index (χ0n) is 14.3. The first kappa shape index (κ1) is 17.0.